The van der Waals surface area contributed by atoms with Crippen molar-refractivity contribution in [1.29, 1.82) is 0 Å². The Balaban J connectivity index is 1.64. The van der Waals surface area contributed by atoms with E-state index in [1.165, 1.54) is 41.1 Å². The zero-order valence-electron chi connectivity index (χ0n) is 19.4. The summed E-state index contributed by atoms with van der Waals surface area (Å²) < 4.78 is 52.0. The number of morpholine rings is 1. The minimum Gasteiger partial charge on any atom is -0.435 e. The second kappa shape index (κ2) is 10.5. The number of ether oxygens (including phenoxy) is 2. The summed E-state index contributed by atoms with van der Waals surface area (Å²) >= 11 is 0. The molecule has 1 fully saturated rings. The molecule has 1 radical (unpaired) electrons. The maximum absolute atomic E-state index is 15.3. The van der Waals surface area contributed by atoms with Crippen molar-refractivity contribution >= 4 is 5.91 Å². The van der Waals surface area contributed by atoms with Crippen LogP contribution in [0.25, 0.3) is 16.9 Å². The lowest BCUT2D eigenvalue weighted by molar-refractivity contribution is -0.0498. The van der Waals surface area contributed by atoms with Crippen LogP contribution in [0.4, 0.5) is 13.2 Å². The third-order valence-corrected chi connectivity index (χ3v) is 5.60. The Hall–Kier alpha value is -3.37. The molecule has 35 heavy (non-hydrogen) atoms. The highest BCUT2D eigenvalue weighted by molar-refractivity contribution is 5.98. The Bertz CT molecular complexity index is 1200. The number of amides is 1. The molecule has 1 atom stereocenters. The van der Waals surface area contributed by atoms with Gasteiger partial charge < -0.3 is 15.2 Å². The highest BCUT2D eigenvalue weighted by Gasteiger charge is 2.25. The number of carbonyl (C=O) groups is 1. The number of aromatic nitrogens is 2. The molecule has 1 aromatic heterocycles. The highest BCUT2D eigenvalue weighted by Crippen LogP contribution is 2.31. The first-order valence-electron chi connectivity index (χ1n) is 11.1. The van der Waals surface area contributed by atoms with Crippen molar-refractivity contribution in [2.75, 3.05) is 26.2 Å². The summed E-state index contributed by atoms with van der Waals surface area (Å²) in [6, 6.07) is 10.4. The molecule has 7 nitrogen and oxygen atoms in total. The van der Waals surface area contributed by atoms with Crippen LogP contribution in [0.2, 0.25) is 0 Å². The van der Waals surface area contributed by atoms with Gasteiger partial charge in [0.25, 0.3) is 5.91 Å². The van der Waals surface area contributed by atoms with Crippen molar-refractivity contribution in [3.63, 3.8) is 0 Å². The van der Waals surface area contributed by atoms with Crippen LogP contribution in [-0.2, 0) is 4.74 Å². The van der Waals surface area contributed by atoms with Crippen molar-refractivity contribution in [2.45, 2.75) is 26.6 Å². The second-order valence-electron chi connectivity index (χ2n) is 8.62. The van der Waals surface area contributed by atoms with Crippen molar-refractivity contribution in [3.8, 4) is 22.7 Å². The molecule has 10 heteroatoms. The molecule has 0 aliphatic carbocycles. The monoisotopic (exact) mass is 487 g/mol. The Kier molecular flexibility index (Phi) is 7.42. The standard InChI is InChI=1S/C25H26F3N4O3/c1-15(2)12-31-8-9-34-22(14-31)16-6-7-19(21(26)10-16)23-20(24(29)33)13-32(30-23)17-4-3-5-18(11-17)35-25(27)28/h3-7,10-11,13,22,25H,8-9,12,14H2,1-2H3,(H2,29,33)/t22-/m1/s1. The van der Waals surface area contributed by atoms with Gasteiger partial charge in [0, 0.05) is 37.5 Å². The molecule has 185 valence electrons. The van der Waals surface area contributed by atoms with Gasteiger partial charge in [-0.3, -0.25) is 9.69 Å². The number of rotatable bonds is 8. The Morgan fingerprint density at radius 1 is 1.26 bits per heavy atom. The first kappa shape index (κ1) is 24.7. The van der Waals surface area contributed by atoms with Crippen molar-refractivity contribution in [1.82, 2.24) is 14.7 Å². The smallest absolute Gasteiger partial charge is 0.387 e. The molecule has 3 aromatic rings. The zero-order valence-corrected chi connectivity index (χ0v) is 19.4. The van der Waals surface area contributed by atoms with Crippen molar-refractivity contribution in [2.24, 2.45) is 5.73 Å². The van der Waals surface area contributed by atoms with Gasteiger partial charge in [-0.15, -0.1) is 0 Å². The van der Waals surface area contributed by atoms with Gasteiger partial charge in [0.15, 0.2) is 0 Å². The Morgan fingerprint density at radius 2 is 2.06 bits per heavy atom. The number of nitrogens with two attached hydrogens (primary N) is 1. The number of nitrogens with zero attached hydrogens (tertiary/aromatic N) is 3. The molecule has 0 unspecified atom stereocenters. The summed E-state index contributed by atoms with van der Waals surface area (Å²) in [4.78, 5) is 14.4. The summed E-state index contributed by atoms with van der Waals surface area (Å²) in [5, 5.41) is 4.33. The van der Waals surface area contributed by atoms with Crippen molar-refractivity contribution in [3.05, 3.63) is 71.5 Å². The van der Waals surface area contributed by atoms with Crippen LogP contribution in [0.5, 0.6) is 5.75 Å². The van der Waals surface area contributed by atoms with Crippen LogP contribution in [0, 0.1) is 11.7 Å². The number of benzene rings is 2. The number of alkyl halides is 2. The van der Waals surface area contributed by atoms with E-state index in [9.17, 15) is 13.6 Å². The Morgan fingerprint density at radius 3 is 2.74 bits per heavy atom. The summed E-state index contributed by atoms with van der Waals surface area (Å²) in [5.41, 5.74) is 6.67. The van der Waals surface area contributed by atoms with Crippen LogP contribution in [-0.4, -0.2) is 53.4 Å². The van der Waals surface area contributed by atoms with E-state index in [-0.39, 0.29) is 28.7 Å². The predicted octanol–water partition coefficient (Wildman–Crippen LogP) is 4.37. The lowest BCUT2D eigenvalue weighted by atomic mass is 10.0. The molecular formula is C25H26F3N4O3. The molecule has 1 aliphatic heterocycles. The molecule has 4 rings (SSSR count). The number of hydrogen-bond donors (Lipinski definition) is 1. The fraction of sp³-hybridized carbons (Fsp3) is 0.320. The second-order valence-corrected chi connectivity index (χ2v) is 8.62. The van der Waals surface area contributed by atoms with Gasteiger partial charge in [-0.2, -0.15) is 13.9 Å². The summed E-state index contributed by atoms with van der Waals surface area (Å²) in [5.74, 6) is -0.174. The summed E-state index contributed by atoms with van der Waals surface area (Å²) in [6.07, 6.45) is 1.05. The van der Waals surface area contributed by atoms with E-state index < -0.39 is 18.3 Å². The molecule has 1 amide bonds. The van der Waals surface area contributed by atoms with Gasteiger partial charge in [0.1, 0.15) is 17.3 Å². The van der Waals surface area contributed by atoms with E-state index in [1.54, 1.807) is 18.2 Å². The average molecular weight is 488 g/mol. The van der Waals surface area contributed by atoms with E-state index in [0.29, 0.717) is 24.4 Å². The molecule has 0 saturated carbocycles. The summed E-state index contributed by atoms with van der Waals surface area (Å²) in [6.45, 7) is 3.99. The van der Waals surface area contributed by atoms with Gasteiger partial charge in [0.2, 0.25) is 0 Å². The number of halogens is 3. The third kappa shape index (κ3) is 5.83. The fourth-order valence-electron chi connectivity index (χ4n) is 4.11. The first-order chi connectivity index (χ1) is 16.7. The van der Waals surface area contributed by atoms with E-state index in [1.807, 2.05) is 0 Å². The SMILES string of the molecule is C[C](C)CN1CCO[C@@H](c2ccc(-c3nn(-c4cccc(OC(F)F)c4)cc3C(N)=O)c(F)c2)C1. The minimum atomic E-state index is -2.99. The van der Waals surface area contributed by atoms with Crippen LogP contribution >= 0.6 is 0 Å². The van der Waals surface area contributed by atoms with Gasteiger partial charge in [-0.25, -0.2) is 9.07 Å². The first-order valence-corrected chi connectivity index (χ1v) is 11.1. The maximum atomic E-state index is 15.3. The van der Waals surface area contributed by atoms with Crippen LogP contribution in [0.1, 0.15) is 35.9 Å². The molecule has 0 spiro atoms. The topological polar surface area (TPSA) is 82.6 Å². The highest BCUT2D eigenvalue weighted by atomic mass is 19.3. The minimum absolute atomic E-state index is 0.00844. The van der Waals surface area contributed by atoms with Gasteiger partial charge >= 0.3 is 6.61 Å². The molecule has 2 heterocycles. The average Bonchev–Trinajstić information content (AvgIpc) is 3.24. The largest absolute Gasteiger partial charge is 0.435 e. The van der Waals surface area contributed by atoms with E-state index in [2.05, 4.69) is 28.6 Å². The van der Waals surface area contributed by atoms with E-state index >= 15 is 4.39 Å². The quantitative estimate of drug-likeness (QED) is 0.510. The fourth-order valence-corrected chi connectivity index (χ4v) is 4.11. The third-order valence-electron chi connectivity index (χ3n) is 5.60. The van der Waals surface area contributed by atoms with Crippen LogP contribution < -0.4 is 10.5 Å². The number of primary amides is 1. The normalized spacial score (nSPS) is 16.7. The molecule has 1 saturated heterocycles. The molecular weight excluding hydrogens is 461 g/mol. The molecule has 0 bridgehead atoms. The lowest BCUT2D eigenvalue weighted by Gasteiger charge is -2.34. The van der Waals surface area contributed by atoms with Gasteiger partial charge in [-0.05, 0) is 35.7 Å². The number of carbonyl (C=O) groups excluding carboxylic acids is 1. The van der Waals surface area contributed by atoms with E-state index in [4.69, 9.17) is 10.5 Å². The summed E-state index contributed by atoms with van der Waals surface area (Å²) in [7, 11) is 0. The zero-order chi connectivity index (χ0) is 25.1. The van der Waals surface area contributed by atoms with Gasteiger partial charge in [-0.1, -0.05) is 26.0 Å². The molecule has 1 aliphatic rings. The van der Waals surface area contributed by atoms with Gasteiger partial charge in [0.05, 0.1) is 24.0 Å². The van der Waals surface area contributed by atoms with E-state index in [0.717, 1.165) is 13.1 Å². The number of hydrogen-bond acceptors (Lipinski definition) is 5. The molecule has 2 aromatic carbocycles. The molecule has 2 N–H and O–H groups in total. The predicted molar refractivity (Wildman–Crippen MR) is 124 cm³/mol. The maximum Gasteiger partial charge on any atom is 0.387 e. The van der Waals surface area contributed by atoms with Crippen LogP contribution in [0.15, 0.2) is 48.7 Å². The lowest BCUT2D eigenvalue weighted by Crippen LogP contribution is -2.39. The van der Waals surface area contributed by atoms with Crippen molar-refractivity contribution < 1.29 is 27.4 Å². The van der Waals surface area contributed by atoms with Crippen LogP contribution in [0.3, 0.4) is 0 Å². The Labute approximate surface area is 201 Å².